The van der Waals surface area contributed by atoms with Crippen molar-refractivity contribution >= 4 is 23.8 Å². The Labute approximate surface area is 136 Å². The Bertz CT molecular complexity index is 721. The van der Waals surface area contributed by atoms with Gasteiger partial charge in [-0.05, 0) is 42.9 Å². The van der Waals surface area contributed by atoms with Crippen LogP contribution in [0.15, 0.2) is 40.9 Å². The molecule has 3 aliphatic rings. The summed E-state index contributed by atoms with van der Waals surface area (Å²) in [6.45, 7) is 1.44. The predicted octanol–water partition coefficient (Wildman–Crippen LogP) is 4.05. The van der Waals surface area contributed by atoms with E-state index in [1.54, 1.807) is 0 Å². The monoisotopic (exact) mass is 307 g/mol. The second-order valence-electron chi connectivity index (χ2n) is 6.62. The normalized spacial score (nSPS) is 24.6. The van der Waals surface area contributed by atoms with Gasteiger partial charge in [-0.3, -0.25) is 9.79 Å². The Morgan fingerprint density at radius 2 is 1.96 bits per heavy atom. The fraction of sp³-hybridized carbons (Fsp3) is 0.400. The molecule has 1 aromatic carbocycles. The number of ether oxygens (including phenoxy) is 1. The lowest BCUT2D eigenvalue weighted by Crippen LogP contribution is -2.33. The zero-order valence-electron chi connectivity index (χ0n) is 13.3. The van der Waals surface area contributed by atoms with Crippen molar-refractivity contribution in [3.05, 3.63) is 47.0 Å². The molecule has 0 atom stereocenters. The number of hydrogen-bond donors (Lipinski definition) is 0. The highest BCUT2D eigenvalue weighted by atomic mass is 16.5. The van der Waals surface area contributed by atoms with Crippen molar-refractivity contribution in [2.45, 2.75) is 32.1 Å². The molecule has 1 aromatic rings. The number of ketones is 1. The van der Waals surface area contributed by atoms with Crippen LogP contribution in [0.1, 0.15) is 43.2 Å². The molecule has 3 nitrogen and oxygen atoms in total. The highest BCUT2D eigenvalue weighted by molar-refractivity contribution is 6.06. The van der Waals surface area contributed by atoms with E-state index in [1.165, 1.54) is 0 Å². The quantitative estimate of drug-likeness (QED) is 0.773. The van der Waals surface area contributed by atoms with Gasteiger partial charge in [-0.15, -0.1) is 0 Å². The first-order valence-electron chi connectivity index (χ1n) is 8.44. The Morgan fingerprint density at radius 3 is 2.74 bits per heavy atom. The van der Waals surface area contributed by atoms with E-state index in [9.17, 15) is 4.79 Å². The Kier molecular flexibility index (Phi) is 3.74. The van der Waals surface area contributed by atoms with Crippen LogP contribution < -0.4 is 0 Å². The van der Waals surface area contributed by atoms with E-state index in [4.69, 9.17) is 4.74 Å². The summed E-state index contributed by atoms with van der Waals surface area (Å²) >= 11 is 0. The smallest absolute Gasteiger partial charge is 0.165 e. The van der Waals surface area contributed by atoms with E-state index < -0.39 is 0 Å². The Balaban J connectivity index is 1.67. The lowest BCUT2D eigenvalue weighted by atomic mass is 9.77. The first kappa shape index (κ1) is 14.6. The molecule has 4 rings (SSSR count). The van der Waals surface area contributed by atoms with Crippen molar-refractivity contribution < 1.29 is 9.53 Å². The summed E-state index contributed by atoms with van der Waals surface area (Å²) in [4.78, 5) is 17.4. The molecule has 0 N–H and O–H groups in total. The highest BCUT2D eigenvalue weighted by Gasteiger charge is 2.45. The molecule has 1 spiro atoms. The number of carbonyl (C=O) groups is 1. The van der Waals surface area contributed by atoms with Crippen LogP contribution in [0.3, 0.4) is 0 Å². The van der Waals surface area contributed by atoms with E-state index in [2.05, 4.69) is 29.3 Å². The van der Waals surface area contributed by atoms with Crippen LogP contribution >= 0.6 is 0 Å². The number of carbonyl (C=O) groups excluding carboxylic acids is 1. The maximum atomic E-state index is 13.0. The predicted molar refractivity (Wildman–Crippen MR) is 92.2 cm³/mol. The van der Waals surface area contributed by atoms with Gasteiger partial charge in [0, 0.05) is 36.8 Å². The zero-order valence-corrected chi connectivity index (χ0v) is 13.3. The SMILES string of the molecule is O=C1/C(=C/c2ccccc2C2=CCC=N2)CCC12CCOCC2. The lowest BCUT2D eigenvalue weighted by molar-refractivity contribution is -0.127. The fourth-order valence-electron chi connectivity index (χ4n) is 3.91. The van der Waals surface area contributed by atoms with Crippen LogP contribution in [0.2, 0.25) is 0 Å². The molecular weight excluding hydrogens is 286 g/mol. The fourth-order valence-corrected chi connectivity index (χ4v) is 3.91. The number of allylic oxidation sites excluding steroid dienone is 2. The van der Waals surface area contributed by atoms with Gasteiger partial charge in [-0.2, -0.15) is 0 Å². The lowest BCUT2D eigenvalue weighted by Gasteiger charge is -2.31. The molecule has 0 bridgehead atoms. The first-order chi connectivity index (χ1) is 11.3. The van der Waals surface area contributed by atoms with Gasteiger partial charge in [-0.1, -0.05) is 30.3 Å². The van der Waals surface area contributed by atoms with Crippen LogP contribution in [0.5, 0.6) is 0 Å². The minimum Gasteiger partial charge on any atom is -0.381 e. The largest absolute Gasteiger partial charge is 0.381 e. The van der Waals surface area contributed by atoms with Crippen LogP contribution in [0.25, 0.3) is 11.8 Å². The summed E-state index contributed by atoms with van der Waals surface area (Å²) in [6.07, 6.45) is 10.7. The molecule has 2 aliphatic heterocycles. The van der Waals surface area contributed by atoms with Gasteiger partial charge < -0.3 is 4.74 Å². The number of nitrogens with zero attached hydrogens (tertiary/aromatic N) is 1. The van der Waals surface area contributed by atoms with Crippen molar-refractivity contribution in [2.75, 3.05) is 13.2 Å². The molecule has 3 heteroatoms. The molecule has 1 saturated heterocycles. The van der Waals surface area contributed by atoms with E-state index >= 15 is 0 Å². The van der Waals surface area contributed by atoms with Gasteiger partial charge in [0.15, 0.2) is 5.78 Å². The number of hydrogen-bond acceptors (Lipinski definition) is 3. The third-order valence-electron chi connectivity index (χ3n) is 5.31. The standard InChI is InChI=1S/C20H21NO2/c22-19-16(7-8-20(19)9-12-23-13-10-20)14-15-4-1-2-5-17(15)18-6-3-11-21-18/h1-2,4-6,11,14H,3,7-10,12-13H2/b16-14+. The van der Waals surface area contributed by atoms with Crippen molar-refractivity contribution in [1.29, 1.82) is 0 Å². The molecular formula is C20H21NO2. The van der Waals surface area contributed by atoms with E-state index in [0.717, 1.165) is 67.7 Å². The van der Waals surface area contributed by atoms with Crippen molar-refractivity contribution in [2.24, 2.45) is 10.4 Å². The number of Topliss-reactive ketones (excluding diaryl/α,β-unsaturated/α-hetero) is 1. The zero-order chi connectivity index (χ0) is 15.7. The molecule has 0 amide bonds. The van der Waals surface area contributed by atoms with Crippen LogP contribution in [0, 0.1) is 5.41 Å². The molecule has 0 aromatic heterocycles. The topological polar surface area (TPSA) is 38.7 Å². The van der Waals surface area contributed by atoms with Gasteiger partial charge in [0.2, 0.25) is 0 Å². The number of aliphatic imine (C=N–C) groups is 1. The van der Waals surface area contributed by atoms with Crippen molar-refractivity contribution in [1.82, 2.24) is 0 Å². The summed E-state index contributed by atoms with van der Waals surface area (Å²) in [5, 5.41) is 0. The number of benzene rings is 1. The highest BCUT2D eigenvalue weighted by Crippen LogP contribution is 2.46. The van der Waals surface area contributed by atoms with Crippen LogP contribution in [-0.4, -0.2) is 25.2 Å². The Morgan fingerprint density at radius 1 is 1.13 bits per heavy atom. The van der Waals surface area contributed by atoms with E-state index in [1.807, 2.05) is 18.3 Å². The van der Waals surface area contributed by atoms with Crippen molar-refractivity contribution in [3.8, 4) is 0 Å². The van der Waals surface area contributed by atoms with Crippen molar-refractivity contribution in [3.63, 3.8) is 0 Å². The van der Waals surface area contributed by atoms with Crippen LogP contribution in [-0.2, 0) is 9.53 Å². The second-order valence-corrected chi connectivity index (χ2v) is 6.62. The first-order valence-corrected chi connectivity index (χ1v) is 8.44. The van der Waals surface area contributed by atoms with Gasteiger partial charge in [0.25, 0.3) is 0 Å². The molecule has 2 fully saturated rings. The Hall–Kier alpha value is -2.00. The third kappa shape index (κ3) is 2.59. The maximum Gasteiger partial charge on any atom is 0.165 e. The summed E-state index contributed by atoms with van der Waals surface area (Å²) in [5.41, 5.74) is 4.06. The molecule has 0 radical (unpaired) electrons. The third-order valence-corrected chi connectivity index (χ3v) is 5.31. The molecule has 1 saturated carbocycles. The van der Waals surface area contributed by atoms with Gasteiger partial charge in [0.05, 0.1) is 5.70 Å². The molecule has 1 aliphatic carbocycles. The van der Waals surface area contributed by atoms with Crippen LogP contribution in [0.4, 0.5) is 0 Å². The minimum atomic E-state index is -0.149. The minimum absolute atomic E-state index is 0.149. The molecule has 2 heterocycles. The van der Waals surface area contributed by atoms with Gasteiger partial charge in [0.1, 0.15) is 0 Å². The summed E-state index contributed by atoms with van der Waals surface area (Å²) in [6, 6.07) is 8.23. The average Bonchev–Trinajstić information content (AvgIpc) is 3.22. The molecule has 0 unspecified atom stereocenters. The second kappa shape index (κ2) is 5.89. The average molecular weight is 307 g/mol. The van der Waals surface area contributed by atoms with Gasteiger partial charge in [-0.25, -0.2) is 0 Å². The summed E-state index contributed by atoms with van der Waals surface area (Å²) in [5.74, 6) is 0.347. The maximum absolute atomic E-state index is 13.0. The van der Waals surface area contributed by atoms with E-state index in [-0.39, 0.29) is 5.41 Å². The van der Waals surface area contributed by atoms with Gasteiger partial charge >= 0.3 is 0 Å². The molecule has 118 valence electrons. The molecule has 23 heavy (non-hydrogen) atoms. The number of rotatable bonds is 2. The summed E-state index contributed by atoms with van der Waals surface area (Å²) < 4.78 is 5.45. The summed E-state index contributed by atoms with van der Waals surface area (Å²) in [7, 11) is 0. The van der Waals surface area contributed by atoms with E-state index in [0.29, 0.717) is 5.78 Å².